The van der Waals surface area contributed by atoms with Gasteiger partial charge in [-0.15, -0.1) is 6.58 Å². The number of rotatable bonds is 3. The lowest BCUT2D eigenvalue weighted by Gasteiger charge is -2.26. The quantitative estimate of drug-likeness (QED) is 0.620. The fraction of sp³-hybridized carbons (Fsp3) is 0.556. The summed E-state index contributed by atoms with van der Waals surface area (Å²) in [6, 6.07) is 0. The van der Waals surface area contributed by atoms with Crippen LogP contribution in [0.15, 0.2) is 12.7 Å². The Morgan fingerprint density at radius 3 is 3.08 bits per heavy atom. The van der Waals surface area contributed by atoms with E-state index < -0.39 is 0 Å². The summed E-state index contributed by atoms with van der Waals surface area (Å²) in [5, 5.41) is 2.67. The van der Waals surface area contributed by atoms with Crippen LogP contribution in [0.5, 0.6) is 0 Å². The SMILES string of the molecule is C=CCCC(=O)N1CCNC(=O)C1. The molecule has 1 saturated heterocycles. The van der Waals surface area contributed by atoms with E-state index in [1.807, 2.05) is 0 Å². The van der Waals surface area contributed by atoms with Gasteiger partial charge in [0.1, 0.15) is 0 Å². The number of carbonyl (C=O) groups is 2. The third kappa shape index (κ3) is 2.89. The lowest BCUT2D eigenvalue weighted by Crippen LogP contribution is -2.49. The molecule has 72 valence electrons. The Hall–Kier alpha value is -1.32. The van der Waals surface area contributed by atoms with E-state index in [0.717, 1.165) is 0 Å². The Morgan fingerprint density at radius 2 is 2.46 bits per heavy atom. The van der Waals surface area contributed by atoms with E-state index in [1.54, 1.807) is 11.0 Å². The molecule has 0 aromatic carbocycles. The highest BCUT2D eigenvalue weighted by Gasteiger charge is 2.19. The Bertz CT molecular complexity index is 226. The Balaban J connectivity index is 2.36. The second-order valence-electron chi connectivity index (χ2n) is 2.99. The third-order valence-electron chi connectivity index (χ3n) is 1.95. The van der Waals surface area contributed by atoms with E-state index in [9.17, 15) is 9.59 Å². The van der Waals surface area contributed by atoms with Crippen LogP contribution in [-0.4, -0.2) is 36.3 Å². The van der Waals surface area contributed by atoms with Crippen LogP contribution in [0.1, 0.15) is 12.8 Å². The Kier molecular flexibility index (Phi) is 3.49. The molecule has 1 aliphatic rings. The largest absolute Gasteiger partial charge is 0.353 e. The van der Waals surface area contributed by atoms with Crippen LogP contribution in [0.25, 0.3) is 0 Å². The molecule has 4 nitrogen and oxygen atoms in total. The molecule has 0 bridgehead atoms. The highest BCUT2D eigenvalue weighted by molar-refractivity contribution is 5.85. The number of carbonyl (C=O) groups excluding carboxylic acids is 2. The lowest BCUT2D eigenvalue weighted by atomic mass is 10.2. The van der Waals surface area contributed by atoms with Crippen LogP contribution in [0, 0.1) is 0 Å². The predicted octanol–water partition coefficient (Wildman–Crippen LogP) is -0.0890. The van der Waals surface area contributed by atoms with Gasteiger partial charge in [-0.05, 0) is 6.42 Å². The van der Waals surface area contributed by atoms with E-state index in [-0.39, 0.29) is 18.4 Å². The van der Waals surface area contributed by atoms with Crippen LogP contribution >= 0.6 is 0 Å². The van der Waals surface area contributed by atoms with Gasteiger partial charge in [-0.3, -0.25) is 9.59 Å². The average Bonchev–Trinajstić information content (AvgIpc) is 2.14. The van der Waals surface area contributed by atoms with E-state index in [0.29, 0.717) is 25.9 Å². The average molecular weight is 182 g/mol. The molecule has 0 aromatic heterocycles. The summed E-state index contributed by atoms with van der Waals surface area (Å²) < 4.78 is 0. The molecule has 0 aliphatic carbocycles. The molecule has 0 saturated carbocycles. The van der Waals surface area contributed by atoms with Crippen LogP contribution in [0.4, 0.5) is 0 Å². The first-order chi connectivity index (χ1) is 6.24. The highest BCUT2D eigenvalue weighted by atomic mass is 16.2. The standard InChI is InChI=1S/C9H14N2O2/c1-2-3-4-9(13)11-6-5-10-8(12)7-11/h2H,1,3-7H2,(H,10,12). The number of allylic oxidation sites excluding steroid dienone is 1. The van der Waals surface area contributed by atoms with Crippen LogP contribution in [-0.2, 0) is 9.59 Å². The summed E-state index contributed by atoms with van der Waals surface area (Å²) in [5.74, 6) is -0.0343. The maximum Gasteiger partial charge on any atom is 0.239 e. The molecule has 13 heavy (non-hydrogen) atoms. The van der Waals surface area contributed by atoms with E-state index in [2.05, 4.69) is 11.9 Å². The van der Waals surface area contributed by atoms with E-state index in [1.165, 1.54) is 0 Å². The summed E-state index contributed by atoms with van der Waals surface area (Å²) in [5.41, 5.74) is 0. The second-order valence-corrected chi connectivity index (χ2v) is 2.99. The van der Waals surface area contributed by atoms with Gasteiger partial charge in [0, 0.05) is 19.5 Å². The van der Waals surface area contributed by atoms with Gasteiger partial charge < -0.3 is 10.2 Å². The summed E-state index contributed by atoms with van der Waals surface area (Å²) in [6.45, 7) is 4.94. The fourth-order valence-corrected chi connectivity index (χ4v) is 1.24. The molecule has 1 aliphatic heterocycles. The number of amides is 2. The predicted molar refractivity (Wildman–Crippen MR) is 49.0 cm³/mol. The zero-order valence-electron chi connectivity index (χ0n) is 7.58. The summed E-state index contributed by atoms with van der Waals surface area (Å²) in [6.07, 6.45) is 2.84. The van der Waals surface area contributed by atoms with Crippen molar-refractivity contribution in [3.05, 3.63) is 12.7 Å². The fourth-order valence-electron chi connectivity index (χ4n) is 1.24. The minimum Gasteiger partial charge on any atom is -0.353 e. The number of hydrogen-bond donors (Lipinski definition) is 1. The normalized spacial score (nSPS) is 16.6. The molecule has 1 N–H and O–H groups in total. The van der Waals surface area contributed by atoms with Crippen molar-refractivity contribution in [2.45, 2.75) is 12.8 Å². The first-order valence-electron chi connectivity index (χ1n) is 4.39. The smallest absolute Gasteiger partial charge is 0.239 e. The van der Waals surface area contributed by atoms with Gasteiger partial charge in [0.25, 0.3) is 0 Å². The molecule has 1 heterocycles. The van der Waals surface area contributed by atoms with Crippen molar-refractivity contribution in [2.24, 2.45) is 0 Å². The molecule has 0 radical (unpaired) electrons. The minimum atomic E-state index is -0.0711. The lowest BCUT2D eigenvalue weighted by molar-refractivity contribution is -0.138. The van der Waals surface area contributed by atoms with Gasteiger partial charge in [-0.2, -0.15) is 0 Å². The van der Waals surface area contributed by atoms with Gasteiger partial charge in [0.15, 0.2) is 0 Å². The number of nitrogens with zero attached hydrogens (tertiary/aromatic N) is 1. The zero-order valence-corrected chi connectivity index (χ0v) is 7.58. The first kappa shape index (κ1) is 9.77. The van der Waals surface area contributed by atoms with Crippen LogP contribution in [0.3, 0.4) is 0 Å². The van der Waals surface area contributed by atoms with E-state index in [4.69, 9.17) is 0 Å². The molecule has 1 fully saturated rings. The number of piperazine rings is 1. The van der Waals surface area contributed by atoms with Gasteiger partial charge in [0.2, 0.25) is 11.8 Å². The molecular formula is C9H14N2O2. The second kappa shape index (κ2) is 4.64. The summed E-state index contributed by atoms with van der Waals surface area (Å²) >= 11 is 0. The molecule has 4 heteroatoms. The minimum absolute atomic E-state index is 0.0368. The van der Waals surface area contributed by atoms with Crippen molar-refractivity contribution in [1.29, 1.82) is 0 Å². The Morgan fingerprint density at radius 1 is 1.69 bits per heavy atom. The molecule has 0 atom stereocenters. The Labute approximate surface area is 77.6 Å². The highest BCUT2D eigenvalue weighted by Crippen LogP contribution is 2.00. The van der Waals surface area contributed by atoms with Gasteiger partial charge in [-0.25, -0.2) is 0 Å². The van der Waals surface area contributed by atoms with Crippen LogP contribution in [0.2, 0.25) is 0 Å². The van der Waals surface area contributed by atoms with Crippen molar-refractivity contribution in [2.75, 3.05) is 19.6 Å². The molecule has 2 amide bonds. The molecule has 0 aromatic rings. The van der Waals surface area contributed by atoms with Crippen molar-refractivity contribution in [1.82, 2.24) is 10.2 Å². The zero-order chi connectivity index (χ0) is 9.68. The van der Waals surface area contributed by atoms with Crippen molar-refractivity contribution in [3.63, 3.8) is 0 Å². The van der Waals surface area contributed by atoms with Crippen molar-refractivity contribution < 1.29 is 9.59 Å². The van der Waals surface area contributed by atoms with Crippen LogP contribution < -0.4 is 5.32 Å². The monoisotopic (exact) mass is 182 g/mol. The van der Waals surface area contributed by atoms with Crippen molar-refractivity contribution in [3.8, 4) is 0 Å². The third-order valence-corrected chi connectivity index (χ3v) is 1.95. The molecular weight excluding hydrogens is 168 g/mol. The van der Waals surface area contributed by atoms with E-state index >= 15 is 0 Å². The molecule has 0 spiro atoms. The topological polar surface area (TPSA) is 49.4 Å². The van der Waals surface area contributed by atoms with Gasteiger partial charge in [-0.1, -0.05) is 6.08 Å². The maximum atomic E-state index is 11.4. The number of nitrogens with one attached hydrogen (secondary N) is 1. The number of hydrogen-bond acceptors (Lipinski definition) is 2. The first-order valence-corrected chi connectivity index (χ1v) is 4.39. The van der Waals surface area contributed by atoms with Gasteiger partial charge in [0.05, 0.1) is 6.54 Å². The molecule has 1 rings (SSSR count). The maximum absolute atomic E-state index is 11.4. The van der Waals surface area contributed by atoms with Gasteiger partial charge >= 0.3 is 0 Å². The summed E-state index contributed by atoms with van der Waals surface area (Å²) in [7, 11) is 0. The molecule has 0 unspecified atom stereocenters. The summed E-state index contributed by atoms with van der Waals surface area (Å²) in [4.78, 5) is 23.9. The van der Waals surface area contributed by atoms with Crippen molar-refractivity contribution >= 4 is 11.8 Å².